The van der Waals surface area contributed by atoms with Gasteiger partial charge in [0, 0.05) is 24.9 Å². The summed E-state index contributed by atoms with van der Waals surface area (Å²) in [6.45, 7) is 5.38. The van der Waals surface area contributed by atoms with Gasteiger partial charge in [0.1, 0.15) is 11.6 Å². The molecule has 0 aromatic carbocycles. The molecule has 0 amide bonds. The van der Waals surface area contributed by atoms with Crippen molar-refractivity contribution >= 4 is 5.78 Å². The molecule has 3 heteroatoms. The van der Waals surface area contributed by atoms with E-state index < -0.39 is 0 Å². The molecule has 0 aliphatic heterocycles. The summed E-state index contributed by atoms with van der Waals surface area (Å²) < 4.78 is 2.13. The number of nitrogens with zero attached hydrogens (tertiary/aromatic N) is 2. The fourth-order valence-corrected chi connectivity index (χ4v) is 3.52. The smallest absolute Gasteiger partial charge is 0.143 e. The van der Waals surface area contributed by atoms with Crippen LogP contribution in [-0.4, -0.2) is 15.3 Å². The van der Waals surface area contributed by atoms with Crippen molar-refractivity contribution in [2.45, 2.75) is 78.2 Å². The number of imidazole rings is 1. The highest BCUT2D eigenvalue weighted by Crippen LogP contribution is 2.32. The first-order valence-electron chi connectivity index (χ1n) is 8.77. The molecule has 1 aromatic rings. The molecule has 0 atom stereocenters. The number of ketones is 1. The van der Waals surface area contributed by atoms with Crippen molar-refractivity contribution in [3.8, 4) is 0 Å². The minimum Gasteiger partial charge on any atom is -0.335 e. The summed E-state index contributed by atoms with van der Waals surface area (Å²) in [6.07, 6.45) is 14.1. The molecule has 1 aliphatic rings. The van der Waals surface area contributed by atoms with Crippen molar-refractivity contribution in [1.82, 2.24) is 9.55 Å². The molecule has 2 rings (SSSR count). The fraction of sp³-hybridized carbons (Fsp3) is 0.778. The first-order valence-corrected chi connectivity index (χ1v) is 8.77. The summed E-state index contributed by atoms with van der Waals surface area (Å²) in [5.41, 5.74) is 0. The van der Waals surface area contributed by atoms with Gasteiger partial charge < -0.3 is 4.57 Å². The summed E-state index contributed by atoms with van der Waals surface area (Å²) in [4.78, 5) is 16.9. The van der Waals surface area contributed by atoms with Gasteiger partial charge in [-0.25, -0.2) is 4.98 Å². The van der Waals surface area contributed by atoms with Crippen LogP contribution >= 0.6 is 0 Å². The minimum atomic E-state index is 0.287. The molecule has 0 radical (unpaired) electrons. The van der Waals surface area contributed by atoms with Crippen LogP contribution in [0, 0.1) is 11.8 Å². The number of carbonyl (C=O) groups is 1. The van der Waals surface area contributed by atoms with E-state index in [1.54, 1.807) is 0 Å². The van der Waals surface area contributed by atoms with E-state index in [2.05, 4.69) is 23.4 Å². The van der Waals surface area contributed by atoms with Gasteiger partial charge in [-0.1, -0.05) is 33.1 Å². The Bertz CT molecular complexity index is 430. The maximum atomic E-state index is 12.5. The van der Waals surface area contributed by atoms with Gasteiger partial charge in [0.2, 0.25) is 0 Å². The molecule has 1 heterocycles. The van der Waals surface area contributed by atoms with Crippen molar-refractivity contribution in [2.75, 3.05) is 0 Å². The number of rotatable bonds is 8. The van der Waals surface area contributed by atoms with Gasteiger partial charge in [0.25, 0.3) is 0 Å². The Balaban J connectivity index is 1.80. The number of hydrogen-bond acceptors (Lipinski definition) is 2. The number of Topliss-reactive ketones (excluding diaryl/α,β-unsaturated/α-hetero) is 1. The van der Waals surface area contributed by atoms with Crippen molar-refractivity contribution in [3.63, 3.8) is 0 Å². The molecule has 0 N–H and O–H groups in total. The lowest BCUT2D eigenvalue weighted by Gasteiger charge is -2.27. The summed E-state index contributed by atoms with van der Waals surface area (Å²) >= 11 is 0. The molecular formula is C18H30N2O. The standard InChI is InChI=1S/C18H30N2O/c1-3-5-6-15-7-9-16(10-8-15)17(21)14-18-19-11-13-20(18)12-4-2/h11,13,15-16H,3-10,12,14H2,1-2H3. The van der Waals surface area contributed by atoms with Crippen molar-refractivity contribution in [1.29, 1.82) is 0 Å². The summed E-state index contributed by atoms with van der Waals surface area (Å²) in [6, 6.07) is 0. The number of carbonyl (C=O) groups excluding carboxylic acids is 1. The van der Waals surface area contributed by atoms with E-state index in [0.29, 0.717) is 12.2 Å². The Kier molecular flexibility index (Phi) is 6.47. The Morgan fingerprint density at radius 1 is 1.24 bits per heavy atom. The van der Waals surface area contributed by atoms with Gasteiger partial charge in [-0.2, -0.15) is 0 Å². The molecule has 1 fully saturated rings. The van der Waals surface area contributed by atoms with Crippen molar-refractivity contribution in [2.24, 2.45) is 11.8 Å². The van der Waals surface area contributed by atoms with Crippen LogP contribution in [0.3, 0.4) is 0 Å². The quantitative estimate of drug-likeness (QED) is 0.711. The molecule has 0 bridgehead atoms. The highest BCUT2D eigenvalue weighted by molar-refractivity contribution is 5.82. The third-order valence-electron chi connectivity index (χ3n) is 4.87. The lowest BCUT2D eigenvalue weighted by Crippen LogP contribution is -2.24. The highest BCUT2D eigenvalue weighted by atomic mass is 16.1. The second kappa shape index (κ2) is 8.35. The molecular weight excluding hydrogens is 260 g/mol. The first kappa shape index (κ1) is 16.3. The van der Waals surface area contributed by atoms with Gasteiger partial charge in [0.15, 0.2) is 0 Å². The normalized spacial score (nSPS) is 22.4. The zero-order chi connectivity index (χ0) is 15.1. The number of unbranched alkanes of at least 4 members (excludes halogenated alkanes) is 1. The predicted octanol–water partition coefficient (Wildman–Crippen LogP) is 4.40. The Hall–Kier alpha value is -1.12. The Morgan fingerprint density at radius 2 is 2.00 bits per heavy atom. The molecule has 21 heavy (non-hydrogen) atoms. The fourth-order valence-electron chi connectivity index (χ4n) is 3.52. The second-order valence-electron chi connectivity index (χ2n) is 6.54. The first-order chi connectivity index (χ1) is 10.2. The van der Waals surface area contributed by atoms with Gasteiger partial charge in [-0.15, -0.1) is 0 Å². The van der Waals surface area contributed by atoms with Crippen LogP contribution in [0.15, 0.2) is 12.4 Å². The molecule has 0 spiro atoms. The summed E-state index contributed by atoms with van der Waals surface area (Å²) in [5.74, 6) is 2.52. The number of aryl methyl sites for hydroxylation is 1. The maximum absolute atomic E-state index is 12.5. The SMILES string of the molecule is CCCCC1CCC(C(=O)Cc2nccn2CCC)CC1. The minimum absolute atomic E-state index is 0.287. The lowest BCUT2D eigenvalue weighted by molar-refractivity contribution is -0.123. The molecule has 0 saturated heterocycles. The second-order valence-corrected chi connectivity index (χ2v) is 6.54. The zero-order valence-electron chi connectivity index (χ0n) is 13.7. The van der Waals surface area contributed by atoms with Crippen LogP contribution in [0.25, 0.3) is 0 Å². The van der Waals surface area contributed by atoms with Crippen LogP contribution in [0.1, 0.15) is 71.0 Å². The lowest BCUT2D eigenvalue weighted by atomic mass is 9.77. The van der Waals surface area contributed by atoms with E-state index in [1.165, 1.54) is 32.1 Å². The molecule has 118 valence electrons. The van der Waals surface area contributed by atoms with E-state index in [0.717, 1.165) is 37.5 Å². The van der Waals surface area contributed by atoms with Gasteiger partial charge in [0.05, 0.1) is 6.42 Å². The molecule has 1 saturated carbocycles. The Morgan fingerprint density at radius 3 is 2.67 bits per heavy atom. The van der Waals surface area contributed by atoms with Crippen LogP contribution < -0.4 is 0 Å². The summed E-state index contributed by atoms with van der Waals surface area (Å²) in [7, 11) is 0. The van der Waals surface area contributed by atoms with E-state index in [9.17, 15) is 4.79 Å². The predicted molar refractivity (Wildman–Crippen MR) is 86.2 cm³/mol. The number of hydrogen-bond donors (Lipinski definition) is 0. The van der Waals surface area contributed by atoms with E-state index in [4.69, 9.17) is 0 Å². The number of aromatic nitrogens is 2. The Labute approximate surface area is 129 Å². The van der Waals surface area contributed by atoms with E-state index in [-0.39, 0.29) is 5.92 Å². The van der Waals surface area contributed by atoms with Crippen molar-refractivity contribution < 1.29 is 4.79 Å². The van der Waals surface area contributed by atoms with Crippen LogP contribution in [0.4, 0.5) is 0 Å². The molecule has 3 nitrogen and oxygen atoms in total. The van der Waals surface area contributed by atoms with Crippen LogP contribution in [0.5, 0.6) is 0 Å². The molecule has 0 unspecified atom stereocenters. The van der Waals surface area contributed by atoms with Gasteiger partial charge in [-0.3, -0.25) is 4.79 Å². The maximum Gasteiger partial charge on any atom is 0.143 e. The largest absolute Gasteiger partial charge is 0.335 e. The van der Waals surface area contributed by atoms with Gasteiger partial charge >= 0.3 is 0 Å². The highest BCUT2D eigenvalue weighted by Gasteiger charge is 2.26. The van der Waals surface area contributed by atoms with E-state index in [1.807, 2.05) is 12.4 Å². The van der Waals surface area contributed by atoms with Crippen molar-refractivity contribution in [3.05, 3.63) is 18.2 Å². The molecule has 1 aromatic heterocycles. The molecule has 1 aliphatic carbocycles. The average Bonchev–Trinajstić information content (AvgIpc) is 2.93. The third-order valence-corrected chi connectivity index (χ3v) is 4.87. The topological polar surface area (TPSA) is 34.9 Å². The average molecular weight is 290 g/mol. The zero-order valence-corrected chi connectivity index (χ0v) is 13.7. The van der Waals surface area contributed by atoms with E-state index >= 15 is 0 Å². The van der Waals surface area contributed by atoms with Crippen LogP contribution in [-0.2, 0) is 17.8 Å². The van der Waals surface area contributed by atoms with Gasteiger partial charge in [-0.05, 0) is 38.0 Å². The van der Waals surface area contributed by atoms with Crippen LogP contribution in [0.2, 0.25) is 0 Å². The monoisotopic (exact) mass is 290 g/mol. The summed E-state index contributed by atoms with van der Waals surface area (Å²) in [5, 5.41) is 0. The third kappa shape index (κ3) is 4.69.